The van der Waals surface area contributed by atoms with Gasteiger partial charge in [0.25, 0.3) is 0 Å². The van der Waals surface area contributed by atoms with Crippen molar-refractivity contribution in [1.29, 1.82) is 0 Å². The Morgan fingerprint density at radius 3 is 2.64 bits per heavy atom. The first-order valence-corrected chi connectivity index (χ1v) is 7.67. The zero-order valence-corrected chi connectivity index (χ0v) is 13.7. The molecule has 2 aromatic rings. The van der Waals surface area contributed by atoms with Gasteiger partial charge in [-0.1, -0.05) is 34.1 Å². The highest BCUT2D eigenvalue weighted by molar-refractivity contribution is 9.10. The third kappa shape index (κ3) is 2.46. The van der Waals surface area contributed by atoms with E-state index >= 15 is 0 Å². The number of hydrogen-bond acceptors (Lipinski definition) is 3. The summed E-state index contributed by atoms with van der Waals surface area (Å²) in [5.41, 5.74) is 7.51. The normalized spacial score (nSPS) is 20.4. The van der Waals surface area contributed by atoms with E-state index in [4.69, 9.17) is 10.5 Å². The molecule has 0 bridgehead atoms. The van der Waals surface area contributed by atoms with Crippen LogP contribution < -0.4 is 15.8 Å². The summed E-state index contributed by atoms with van der Waals surface area (Å²) in [6, 6.07) is 13.0. The van der Waals surface area contributed by atoms with Crippen LogP contribution in [-0.2, 0) is 5.41 Å². The molecule has 1 atom stereocenters. The average Bonchev–Trinajstić information content (AvgIpc) is 2.91. The molecule has 0 fully saturated rings. The number of halogens is 2. The molecular formula is C17H16BrFN2O. The number of hydrogen-bond donors (Lipinski definition) is 2. The Morgan fingerprint density at radius 2 is 2.00 bits per heavy atom. The van der Waals surface area contributed by atoms with Crippen LogP contribution in [0.3, 0.4) is 0 Å². The van der Waals surface area contributed by atoms with E-state index in [-0.39, 0.29) is 11.6 Å². The molecular weight excluding hydrogens is 347 g/mol. The third-order valence-electron chi connectivity index (χ3n) is 3.98. The number of methoxy groups -OCH3 is 1. The zero-order chi connectivity index (χ0) is 15.7. The Bertz CT molecular complexity index is 747. The van der Waals surface area contributed by atoms with E-state index in [1.165, 1.54) is 13.2 Å². The monoisotopic (exact) mass is 362 g/mol. The second kappa shape index (κ2) is 5.65. The third-order valence-corrected chi connectivity index (χ3v) is 4.47. The lowest BCUT2D eigenvalue weighted by Gasteiger charge is -2.28. The highest BCUT2D eigenvalue weighted by Gasteiger charge is 2.37. The Balaban J connectivity index is 2.20. The molecule has 0 saturated heterocycles. The van der Waals surface area contributed by atoms with E-state index in [2.05, 4.69) is 21.2 Å². The molecule has 3 N–H and O–H groups in total. The summed E-state index contributed by atoms with van der Waals surface area (Å²) in [6.07, 6.45) is 1.97. The van der Waals surface area contributed by atoms with Crippen molar-refractivity contribution >= 4 is 15.9 Å². The quantitative estimate of drug-likeness (QED) is 0.880. The van der Waals surface area contributed by atoms with Crippen LogP contribution in [0.4, 0.5) is 4.39 Å². The summed E-state index contributed by atoms with van der Waals surface area (Å²) in [5, 5.41) is 3.17. The minimum Gasteiger partial charge on any atom is -0.494 e. The van der Waals surface area contributed by atoms with Crippen molar-refractivity contribution < 1.29 is 9.13 Å². The highest BCUT2D eigenvalue weighted by atomic mass is 79.9. The summed E-state index contributed by atoms with van der Waals surface area (Å²) >= 11 is 3.50. The molecule has 0 aromatic heterocycles. The van der Waals surface area contributed by atoms with Gasteiger partial charge in [0, 0.05) is 11.0 Å². The molecule has 22 heavy (non-hydrogen) atoms. The largest absolute Gasteiger partial charge is 0.494 e. The number of benzene rings is 2. The van der Waals surface area contributed by atoms with E-state index in [1.807, 2.05) is 30.3 Å². The second-order valence-corrected chi connectivity index (χ2v) is 6.20. The van der Waals surface area contributed by atoms with Crippen molar-refractivity contribution in [2.45, 2.75) is 5.41 Å². The molecule has 0 radical (unpaired) electrons. The van der Waals surface area contributed by atoms with Gasteiger partial charge in [-0.15, -0.1) is 0 Å². The lowest BCUT2D eigenvalue weighted by molar-refractivity contribution is 0.385. The molecule has 5 heteroatoms. The SMILES string of the molecule is COc1cc(C2(c3cccc(Br)c3)C=C(N)NC2)ccc1F. The molecule has 3 nitrogen and oxygen atoms in total. The van der Waals surface area contributed by atoms with E-state index in [0.717, 1.165) is 15.6 Å². The van der Waals surface area contributed by atoms with Gasteiger partial charge in [0.1, 0.15) is 0 Å². The van der Waals surface area contributed by atoms with Crippen molar-refractivity contribution in [3.63, 3.8) is 0 Å². The van der Waals surface area contributed by atoms with Crippen LogP contribution in [0, 0.1) is 5.82 Å². The standard InChI is InChI=1S/C17H16BrFN2O/c1-22-15-8-12(5-6-14(15)19)17(9-16(20)21-10-17)11-3-2-4-13(18)7-11/h2-9,21H,10,20H2,1H3. The highest BCUT2D eigenvalue weighted by Crippen LogP contribution is 2.39. The van der Waals surface area contributed by atoms with Crippen LogP contribution in [0.2, 0.25) is 0 Å². The predicted octanol–water partition coefficient (Wildman–Crippen LogP) is 3.29. The van der Waals surface area contributed by atoms with Gasteiger partial charge >= 0.3 is 0 Å². The van der Waals surface area contributed by atoms with Gasteiger partial charge in [0.15, 0.2) is 11.6 Å². The Hall–Kier alpha value is -2.01. The topological polar surface area (TPSA) is 47.3 Å². The van der Waals surface area contributed by atoms with Gasteiger partial charge in [-0.3, -0.25) is 0 Å². The summed E-state index contributed by atoms with van der Waals surface area (Å²) < 4.78 is 19.8. The number of nitrogens with one attached hydrogen (secondary N) is 1. The smallest absolute Gasteiger partial charge is 0.165 e. The van der Waals surface area contributed by atoms with Crippen LogP contribution in [0.25, 0.3) is 0 Å². The van der Waals surface area contributed by atoms with Crippen LogP contribution >= 0.6 is 15.9 Å². The van der Waals surface area contributed by atoms with Crippen LogP contribution in [0.5, 0.6) is 5.75 Å². The molecule has 1 heterocycles. The second-order valence-electron chi connectivity index (χ2n) is 5.28. The van der Waals surface area contributed by atoms with Crippen LogP contribution in [0.15, 0.2) is 58.8 Å². The molecule has 0 aliphatic carbocycles. The summed E-state index contributed by atoms with van der Waals surface area (Å²) in [4.78, 5) is 0. The number of rotatable bonds is 3. The lowest BCUT2D eigenvalue weighted by atomic mass is 9.75. The van der Waals surface area contributed by atoms with Crippen LogP contribution in [0.1, 0.15) is 11.1 Å². The summed E-state index contributed by atoms with van der Waals surface area (Å²) in [6.45, 7) is 0.615. The molecule has 1 unspecified atom stereocenters. The Morgan fingerprint density at radius 1 is 1.23 bits per heavy atom. The molecule has 0 saturated carbocycles. The molecule has 1 aliphatic rings. The molecule has 2 aromatic carbocycles. The van der Waals surface area contributed by atoms with E-state index in [1.54, 1.807) is 12.1 Å². The first kappa shape index (κ1) is 14.9. The van der Waals surface area contributed by atoms with Crippen molar-refractivity contribution in [2.75, 3.05) is 13.7 Å². The average molecular weight is 363 g/mol. The molecule has 0 spiro atoms. The Kier molecular flexibility index (Phi) is 3.83. The van der Waals surface area contributed by atoms with E-state index in [0.29, 0.717) is 12.4 Å². The first-order chi connectivity index (χ1) is 10.5. The number of ether oxygens (including phenoxy) is 1. The van der Waals surface area contributed by atoms with Gasteiger partial charge in [-0.25, -0.2) is 4.39 Å². The summed E-state index contributed by atoms with van der Waals surface area (Å²) in [5.74, 6) is 0.465. The Labute approximate surface area is 137 Å². The number of nitrogens with two attached hydrogens (primary N) is 1. The maximum atomic E-state index is 13.7. The maximum Gasteiger partial charge on any atom is 0.165 e. The fraction of sp³-hybridized carbons (Fsp3) is 0.176. The zero-order valence-electron chi connectivity index (χ0n) is 12.1. The fourth-order valence-electron chi connectivity index (χ4n) is 2.85. The van der Waals surface area contributed by atoms with Gasteiger partial charge in [-0.05, 0) is 41.5 Å². The lowest BCUT2D eigenvalue weighted by Crippen LogP contribution is -2.31. The molecule has 1 aliphatic heterocycles. The maximum absolute atomic E-state index is 13.7. The van der Waals surface area contributed by atoms with Gasteiger partial charge in [-0.2, -0.15) is 0 Å². The first-order valence-electron chi connectivity index (χ1n) is 6.87. The minimum atomic E-state index is -0.450. The predicted molar refractivity (Wildman–Crippen MR) is 88.1 cm³/mol. The van der Waals surface area contributed by atoms with E-state index < -0.39 is 5.41 Å². The van der Waals surface area contributed by atoms with Gasteiger partial charge in [0.05, 0.1) is 18.3 Å². The van der Waals surface area contributed by atoms with E-state index in [9.17, 15) is 4.39 Å². The van der Waals surface area contributed by atoms with Crippen molar-refractivity contribution in [3.8, 4) is 5.75 Å². The van der Waals surface area contributed by atoms with Crippen LogP contribution in [-0.4, -0.2) is 13.7 Å². The fourth-order valence-corrected chi connectivity index (χ4v) is 3.25. The van der Waals surface area contributed by atoms with Crippen molar-refractivity contribution in [2.24, 2.45) is 5.73 Å². The van der Waals surface area contributed by atoms with Crippen molar-refractivity contribution in [1.82, 2.24) is 5.32 Å². The molecule has 114 valence electrons. The molecule has 3 rings (SSSR count). The van der Waals surface area contributed by atoms with Gasteiger partial charge < -0.3 is 15.8 Å². The molecule has 0 amide bonds. The summed E-state index contributed by atoms with van der Waals surface area (Å²) in [7, 11) is 1.46. The van der Waals surface area contributed by atoms with Crippen molar-refractivity contribution in [3.05, 3.63) is 75.8 Å². The minimum absolute atomic E-state index is 0.228. The van der Waals surface area contributed by atoms with Gasteiger partial charge in [0.2, 0.25) is 0 Å².